The minimum absolute atomic E-state index is 0.716. The highest BCUT2D eigenvalue weighted by atomic mass is 31.2. The molecule has 0 radical (unpaired) electrons. The SMILES string of the molecule is CC12ON(P(=O)(c3ccccc3)c3ccccc3)C(C)(c3ccccc31)c1ccccc12. The van der Waals surface area contributed by atoms with Crippen LogP contribution in [0.5, 0.6) is 0 Å². The first-order chi connectivity index (χ1) is 15.5. The van der Waals surface area contributed by atoms with Crippen LogP contribution in [0.2, 0.25) is 0 Å². The van der Waals surface area contributed by atoms with Crippen LogP contribution in [0.25, 0.3) is 0 Å². The zero-order valence-corrected chi connectivity index (χ0v) is 19.0. The van der Waals surface area contributed by atoms with Crippen LogP contribution in [0.4, 0.5) is 0 Å². The molecule has 4 aromatic carbocycles. The third-order valence-electron chi connectivity index (χ3n) is 7.05. The molecule has 3 nitrogen and oxygen atoms in total. The third-order valence-corrected chi connectivity index (χ3v) is 10.0. The molecule has 4 aromatic rings. The fraction of sp³-hybridized carbons (Fsp3) is 0.143. The summed E-state index contributed by atoms with van der Waals surface area (Å²) in [7, 11) is -3.35. The molecule has 3 aliphatic rings. The number of hydrogen-bond donors (Lipinski definition) is 0. The lowest BCUT2D eigenvalue weighted by Gasteiger charge is -2.59. The predicted octanol–water partition coefficient (Wildman–Crippen LogP) is 5.70. The second kappa shape index (κ2) is 6.76. The monoisotopic (exact) mass is 437 g/mol. The van der Waals surface area contributed by atoms with Gasteiger partial charge < -0.3 is 0 Å². The molecule has 0 saturated heterocycles. The molecule has 0 amide bonds. The zero-order valence-electron chi connectivity index (χ0n) is 18.1. The van der Waals surface area contributed by atoms with E-state index in [2.05, 4.69) is 62.4 Å². The van der Waals surface area contributed by atoms with Crippen molar-refractivity contribution in [3.05, 3.63) is 131 Å². The molecule has 2 heterocycles. The summed E-state index contributed by atoms with van der Waals surface area (Å²) in [6.45, 7) is 4.23. The maximum absolute atomic E-state index is 15.3. The Labute approximate surface area is 188 Å². The van der Waals surface area contributed by atoms with Gasteiger partial charge in [0.1, 0.15) is 11.1 Å². The first-order valence-corrected chi connectivity index (χ1v) is 12.6. The number of hydroxylamine groups is 1. The van der Waals surface area contributed by atoms with Crippen molar-refractivity contribution in [2.45, 2.75) is 25.0 Å². The lowest BCUT2D eigenvalue weighted by molar-refractivity contribution is -0.241. The smallest absolute Gasteiger partial charge is 0.230 e. The molecule has 158 valence electrons. The van der Waals surface area contributed by atoms with Crippen LogP contribution in [-0.2, 0) is 20.5 Å². The highest BCUT2D eigenvalue weighted by Gasteiger charge is 2.62. The Morgan fingerprint density at radius 2 is 0.969 bits per heavy atom. The van der Waals surface area contributed by atoms with Gasteiger partial charge in [-0.1, -0.05) is 84.9 Å². The Morgan fingerprint density at radius 1 is 0.594 bits per heavy atom. The number of fused-ring (bicyclic) bond motifs is 1. The van der Waals surface area contributed by atoms with Crippen molar-refractivity contribution in [3.8, 4) is 0 Å². The van der Waals surface area contributed by atoms with Crippen LogP contribution in [-0.4, -0.2) is 4.83 Å². The molecule has 2 aliphatic heterocycles. The quantitative estimate of drug-likeness (QED) is 0.385. The first kappa shape index (κ1) is 19.7. The molecule has 1 aliphatic carbocycles. The van der Waals surface area contributed by atoms with Crippen molar-refractivity contribution in [3.63, 3.8) is 0 Å². The van der Waals surface area contributed by atoms with Gasteiger partial charge in [-0.2, -0.15) is 0 Å². The number of rotatable bonds is 3. The summed E-state index contributed by atoms with van der Waals surface area (Å²) >= 11 is 0. The van der Waals surface area contributed by atoms with Gasteiger partial charge >= 0.3 is 0 Å². The van der Waals surface area contributed by atoms with Crippen LogP contribution in [0.1, 0.15) is 36.1 Å². The normalized spacial score (nSPS) is 24.1. The zero-order chi connectivity index (χ0) is 22.0. The minimum Gasteiger partial charge on any atom is -0.294 e. The number of benzene rings is 4. The summed E-state index contributed by atoms with van der Waals surface area (Å²) < 4.78 is 15.3. The Bertz CT molecular complexity index is 1280. The highest BCUT2D eigenvalue weighted by molar-refractivity contribution is 7.76. The Balaban J connectivity index is 1.71. The van der Waals surface area contributed by atoms with E-state index in [4.69, 9.17) is 4.84 Å². The van der Waals surface area contributed by atoms with Gasteiger partial charge in [-0.3, -0.25) is 9.40 Å². The van der Waals surface area contributed by atoms with Gasteiger partial charge in [0, 0.05) is 10.6 Å². The topological polar surface area (TPSA) is 29.5 Å². The molecule has 0 saturated carbocycles. The fourth-order valence-electron chi connectivity index (χ4n) is 5.46. The van der Waals surface area contributed by atoms with Gasteiger partial charge in [0.2, 0.25) is 7.29 Å². The predicted molar refractivity (Wildman–Crippen MR) is 128 cm³/mol. The van der Waals surface area contributed by atoms with Crippen LogP contribution >= 0.6 is 7.29 Å². The summed E-state index contributed by atoms with van der Waals surface area (Å²) in [6.07, 6.45) is 0. The van der Waals surface area contributed by atoms with Crippen LogP contribution in [0.3, 0.4) is 0 Å². The largest absolute Gasteiger partial charge is 0.294 e. The number of nitrogens with zero attached hydrogens (tertiary/aromatic N) is 1. The van der Waals surface area contributed by atoms with E-state index in [9.17, 15) is 0 Å². The van der Waals surface area contributed by atoms with E-state index in [-0.39, 0.29) is 0 Å². The molecular formula is C28H24NO2P. The van der Waals surface area contributed by atoms with Crippen molar-refractivity contribution in [1.29, 1.82) is 0 Å². The van der Waals surface area contributed by atoms with Crippen LogP contribution in [0.15, 0.2) is 109 Å². The van der Waals surface area contributed by atoms with Gasteiger partial charge in [0.25, 0.3) is 0 Å². The Kier molecular flexibility index (Phi) is 4.16. The highest BCUT2D eigenvalue weighted by Crippen LogP contribution is 2.66. The van der Waals surface area contributed by atoms with Crippen molar-refractivity contribution >= 4 is 17.9 Å². The third kappa shape index (κ3) is 2.36. The van der Waals surface area contributed by atoms with E-state index in [1.165, 1.54) is 0 Å². The standard InChI is InChI=1S/C28H24NO2P/c1-27-23-17-9-11-19-25(23)28(2,26-20-12-10-18-24(26)27)31-29(27)32(30,21-13-5-3-6-14-21)22-15-7-4-8-16-22/h3-20H,1-2H3. The van der Waals surface area contributed by atoms with Gasteiger partial charge in [-0.25, -0.2) is 0 Å². The summed E-state index contributed by atoms with van der Waals surface area (Å²) in [5.74, 6) is 0. The van der Waals surface area contributed by atoms with E-state index < -0.39 is 18.4 Å². The molecule has 0 aromatic heterocycles. The lowest BCUT2D eigenvalue weighted by atomic mass is 9.66. The second-order valence-corrected chi connectivity index (χ2v) is 11.4. The van der Waals surface area contributed by atoms with Crippen LogP contribution < -0.4 is 10.6 Å². The van der Waals surface area contributed by atoms with Crippen molar-refractivity contribution in [2.75, 3.05) is 0 Å². The molecule has 32 heavy (non-hydrogen) atoms. The first-order valence-electron chi connectivity index (χ1n) is 10.9. The molecule has 0 unspecified atom stereocenters. The molecule has 0 N–H and O–H groups in total. The van der Waals surface area contributed by atoms with E-state index in [1.54, 1.807) is 0 Å². The summed E-state index contributed by atoms with van der Waals surface area (Å²) in [5.41, 5.74) is 3.09. The molecule has 0 spiro atoms. The van der Waals surface area contributed by atoms with Crippen molar-refractivity contribution < 1.29 is 9.40 Å². The van der Waals surface area contributed by atoms with Crippen LogP contribution in [0, 0.1) is 0 Å². The fourth-order valence-corrected chi connectivity index (χ4v) is 8.39. The molecular weight excluding hydrogens is 413 g/mol. The van der Waals surface area contributed by atoms with Gasteiger partial charge in [-0.05, 0) is 60.4 Å². The summed E-state index contributed by atoms with van der Waals surface area (Å²) in [6, 6.07) is 36.3. The van der Waals surface area contributed by atoms with Gasteiger partial charge in [0.15, 0.2) is 0 Å². The van der Waals surface area contributed by atoms with E-state index in [0.29, 0.717) is 0 Å². The average molecular weight is 437 g/mol. The Morgan fingerprint density at radius 3 is 1.41 bits per heavy atom. The summed E-state index contributed by atoms with van der Waals surface area (Å²) in [5, 5.41) is 1.53. The van der Waals surface area contributed by atoms with E-state index in [0.717, 1.165) is 32.9 Å². The molecule has 2 bridgehead atoms. The molecule has 7 rings (SSSR count). The summed E-state index contributed by atoms with van der Waals surface area (Å²) in [4.78, 5) is 8.70. The van der Waals surface area contributed by atoms with Gasteiger partial charge in [-0.15, -0.1) is 4.83 Å². The Hall–Kier alpha value is -2.97. The minimum atomic E-state index is -3.35. The van der Waals surface area contributed by atoms with E-state index in [1.807, 2.05) is 65.5 Å². The second-order valence-electron chi connectivity index (χ2n) is 8.81. The maximum atomic E-state index is 15.3. The molecule has 0 fully saturated rings. The average Bonchev–Trinajstić information content (AvgIpc) is 2.86. The number of hydrogen-bond acceptors (Lipinski definition) is 2. The molecule has 4 heteroatoms. The lowest BCUT2D eigenvalue weighted by Crippen LogP contribution is -2.60. The van der Waals surface area contributed by atoms with Crippen molar-refractivity contribution in [1.82, 2.24) is 4.83 Å². The molecule has 0 atom stereocenters. The maximum Gasteiger partial charge on any atom is 0.230 e. The van der Waals surface area contributed by atoms with E-state index >= 15 is 4.57 Å². The van der Waals surface area contributed by atoms with Crippen molar-refractivity contribution in [2.24, 2.45) is 0 Å². The van der Waals surface area contributed by atoms with Gasteiger partial charge in [0.05, 0.1) is 0 Å².